The van der Waals surface area contributed by atoms with Crippen LogP contribution in [0.5, 0.6) is 0 Å². The largest absolute Gasteiger partial charge is 0.455 e. The standard InChI is InChI=1S/C13H10F5N3O2/c1-6(11-20-12(21-23-11)13(16,17)18)19-10(22)5-7-8(14)3-2-4-9(7)15/h2-4,6H,5H2,1H3,(H,19,22). The number of alkyl halides is 3. The Kier molecular flexibility index (Phi) is 4.62. The fourth-order valence-electron chi connectivity index (χ4n) is 1.74. The lowest BCUT2D eigenvalue weighted by molar-refractivity contribution is -0.146. The van der Waals surface area contributed by atoms with Crippen LogP contribution in [0.15, 0.2) is 22.7 Å². The zero-order chi connectivity index (χ0) is 17.2. The van der Waals surface area contributed by atoms with Crippen molar-refractivity contribution < 1.29 is 31.3 Å². The van der Waals surface area contributed by atoms with Crippen molar-refractivity contribution in [2.24, 2.45) is 0 Å². The Hall–Kier alpha value is -2.52. The van der Waals surface area contributed by atoms with Crippen molar-refractivity contribution >= 4 is 5.91 Å². The summed E-state index contributed by atoms with van der Waals surface area (Å²) in [6.45, 7) is 1.29. The van der Waals surface area contributed by atoms with Crippen LogP contribution >= 0.6 is 0 Å². The lowest BCUT2D eigenvalue weighted by Gasteiger charge is -2.10. The third-order valence-electron chi connectivity index (χ3n) is 2.84. The molecule has 1 aromatic heterocycles. The lowest BCUT2D eigenvalue weighted by atomic mass is 10.1. The Balaban J connectivity index is 2.04. The maximum atomic E-state index is 13.4. The summed E-state index contributed by atoms with van der Waals surface area (Å²) in [4.78, 5) is 14.9. The molecule has 1 heterocycles. The molecule has 0 fully saturated rings. The van der Waals surface area contributed by atoms with Gasteiger partial charge in [0.2, 0.25) is 11.8 Å². The van der Waals surface area contributed by atoms with Gasteiger partial charge in [-0.05, 0) is 19.1 Å². The van der Waals surface area contributed by atoms with Crippen molar-refractivity contribution in [2.75, 3.05) is 0 Å². The molecule has 0 aliphatic carbocycles. The second-order valence-electron chi connectivity index (χ2n) is 4.62. The summed E-state index contributed by atoms with van der Waals surface area (Å²) >= 11 is 0. The van der Waals surface area contributed by atoms with Crippen molar-refractivity contribution in [3.63, 3.8) is 0 Å². The van der Waals surface area contributed by atoms with Crippen molar-refractivity contribution in [1.82, 2.24) is 15.5 Å². The van der Waals surface area contributed by atoms with Gasteiger partial charge in [-0.15, -0.1) is 0 Å². The first-order valence-electron chi connectivity index (χ1n) is 6.31. The highest BCUT2D eigenvalue weighted by molar-refractivity contribution is 5.79. The highest BCUT2D eigenvalue weighted by Crippen LogP contribution is 2.27. The quantitative estimate of drug-likeness (QED) is 0.873. The highest BCUT2D eigenvalue weighted by atomic mass is 19.4. The van der Waals surface area contributed by atoms with Gasteiger partial charge in [0.05, 0.1) is 6.42 Å². The average molecular weight is 335 g/mol. The van der Waals surface area contributed by atoms with Crippen LogP contribution in [-0.2, 0) is 17.4 Å². The van der Waals surface area contributed by atoms with Gasteiger partial charge in [-0.1, -0.05) is 11.2 Å². The van der Waals surface area contributed by atoms with Crippen LogP contribution in [-0.4, -0.2) is 16.0 Å². The molecule has 0 spiro atoms. The normalized spacial score (nSPS) is 13.0. The van der Waals surface area contributed by atoms with Crippen molar-refractivity contribution in [3.05, 3.63) is 47.1 Å². The van der Waals surface area contributed by atoms with E-state index in [0.717, 1.165) is 18.2 Å². The molecule has 0 aliphatic heterocycles. The van der Waals surface area contributed by atoms with E-state index in [4.69, 9.17) is 0 Å². The molecule has 5 nitrogen and oxygen atoms in total. The van der Waals surface area contributed by atoms with Crippen LogP contribution in [0.25, 0.3) is 0 Å². The van der Waals surface area contributed by atoms with E-state index >= 15 is 0 Å². The van der Waals surface area contributed by atoms with Gasteiger partial charge in [0.15, 0.2) is 0 Å². The third kappa shape index (κ3) is 4.02. The second-order valence-corrected chi connectivity index (χ2v) is 4.62. The van der Waals surface area contributed by atoms with Crippen molar-refractivity contribution in [2.45, 2.75) is 25.6 Å². The van der Waals surface area contributed by atoms with Gasteiger partial charge in [0, 0.05) is 5.56 Å². The van der Waals surface area contributed by atoms with Crippen molar-refractivity contribution in [1.29, 1.82) is 0 Å². The average Bonchev–Trinajstić information content (AvgIpc) is 2.93. The summed E-state index contributed by atoms with van der Waals surface area (Å²) in [5.41, 5.74) is -0.446. The van der Waals surface area contributed by atoms with Gasteiger partial charge in [-0.25, -0.2) is 8.78 Å². The summed E-state index contributed by atoms with van der Waals surface area (Å²) in [7, 11) is 0. The molecule has 0 saturated heterocycles. The molecule has 0 bridgehead atoms. The van der Waals surface area contributed by atoms with E-state index in [9.17, 15) is 26.7 Å². The summed E-state index contributed by atoms with van der Waals surface area (Å²) < 4.78 is 68.3. The molecule has 10 heteroatoms. The van der Waals surface area contributed by atoms with Crippen LogP contribution in [0.3, 0.4) is 0 Å². The summed E-state index contributed by atoms with van der Waals surface area (Å²) in [6, 6.07) is 2.07. The molecular weight excluding hydrogens is 325 g/mol. The number of carbonyl (C=O) groups is 1. The SMILES string of the molecule is CC(NC(=O)Cc1c(F)cccc1F)c1nc(C(F)(F)F)no1. The minimum atomic E-state index is -4.78. The van der Waals surface area contributed by atoms with Gasteiger partial charge in [0.25, 0.3) is 5.82 Å². The molecule has 124 valence electrons. The van der Waals surface area contributed by atoms with Gasteiger partial charge in [0.1, 0.15) is 17.7 Å². The first-order valence-corrected chi connectivity index (χ1v) is 6.31. The highest BCUT2D eigenvalue weighted by Gasteiger charge is 2.37. The molecule has 0 saturated carbocycles. The molecule has 1 unspecified atom stereocenters. The van der Waals surface area contributed by atoms with E-state index in [-0.39, 0.29) is 0 Å². The van der Waals surface area contributed by atoms with E-state index in [1.807, 2.05) is 0 Å². The predicted octanol–water partition coefficient (Wildman–Crippen LogP) is 2.79. The van der Waals surface area contributed by atoms with Crippen LogP contribution in [0.4, 0.5) is 22.0 Å². The third-order valence-corrected chi connectivity index (χ3v) is 2.84. The second kappa shape index (κ2) is 6.31. The molecule has 1 aromatic carbocycles. The van der Waals surface area contributed by atoms with E-state index in [2.05, 4.69) is 20.0 Å². The van der Waals surface area contributed by atoms with E-state index in [0.29, 0.717) is 0 Å². The van der Waals surface area contributed by atoms with E-state index in [1.54, 1.807) is 0 Å². The first kappa shape index (κ1) is 16.8. The molecule has 1 N–H and O–H groups in total. The Morgan fingerprint density at radius 2 is 1.91 bits per heavy atom. The predicted molar refractivity (Wildman–Crippen MR) is 65.9 cm³/mol. The van der Waals surface area contributed by atoms with Crippen LogP contribution in [0.2, 0.25) is 0 Å². The Bertz CT molecular complexity index is 694. The van der Waals surface area contributed by atoms with Crippen molar-refractivity contribution in [3.8, 4) is 0 Å². The molecule has 1 atom stereocenters. The summed E-state index contributed by atoms with van der Waals surface area (Å²) in [5.74, 6) is -4.56. The Morgan fingerprint density at radius 1 is 1.30 bits per heavy atom. The van der Waals surface area contributed by atoms with Crippen LogP contribution < -0.4 is 5.32 Å². The van der Waals surface area contributed by atoms with Gasteiger partial charge in [-0.2, -0.15) is 18.2 Å². The van der Waals surface area contributed by atoms with E-state index in [1.165, 1.54) is 6.92 Å². The van der Waals surface area contributed by atoms with E-state index < -0.39 is 53.5 Å². The molecule has 2 rings (SSSR count). The number of hydrogen-bond acceptors (Lipinski definition) is 4. The number of nitrogens with one attached hydrogen (secondary N) is 1. The minimum absolute atomic E-state index is 0.446. The number of benzene rings is 1. The zero-order valence-corrected chi connectivity index (χ0v) is 11.6. The molecule has 23 heavy (non-hydrogen) atoms. The summed E-state index contributed by atoms with van der Waals surface area (Å²) in [6.07, 6.45) is -5.40. The number of amides is 1. The number of aromatic nitrogens is 2. The van der Waals surface area contributed by atoms with Crippen LogP contribution in [0.1, 0.15) is 30.2 Å². The smallest absolute Gasteiger partial charge is 0.344 e. The monoisotopic (exact) mass is 335 g/mol. The molecule has 2 aromatic rings. The van der Waals surface area contributed by atoms with Crippen LogP contribution in [0, 0.1) is 11.6 Å². The maximum absolute atomic E-state index is 13.4. The number of nitrogens with zero attached hydrogens (tertiary/aromatic N) is 2. The van der Waals surface area contributed by atoms with Gasteiger partial charge >= 0.3 is 6.18 Å². The molecule has 0 aliphatic rings. The topological polar surface area (TPSA) is 68.0 Å². The number of hydrogen-bond donors (Lipinski definition) is 1. The molecule has 1 amide bonds. The number of halogens is 5. The zero-order valence-electron chi connectivity index (χ0n) is 11.6. The molecule has 0 radical (unpaired) electrons. The lowest BCUT2D eigenvalue weighted by Crippen LogP contribution is -2.29. The maximum Gasteiger partial charge on any atom is 0.455 e. The van der Waals surface area contributed by atoms with Gasteiger partial charge in [-0.3, -0.25) is 4.79 Å². The number of carbonyl (C=O) groups excluding carboxylic acids is 1. The summed E-state index contributed by atoms with van der Waals surface area (Å²) in [5, 5.41) is 4.97. The minimum Gasteiger partial charge on any atom is -0.344 e. The molecular formula is C13H10F5N3O2. The first-order chi connectivity index (χ1) is 10.7. The van der Waals surface area contributed by atoms with Gasteiger partial charge < -0.3 is 9.84 Å². The number of rotatable bonds is 4. The fraction of sp³-hybridized carbons (Fsp3) is 0.308. The Labute approximate surface area is 126 Å². The fourth-order valence-corrected chi connectivity index (χ4v) is 1.74. The Morgan fingerprint density at radius 3 is 2.43 bits per heavy atom.